The molecule has 80 heavy (non-hydrogen) atoms. The van der Waals surface area contributed by atoms with Crippen LogP contribution in [0.1, 0.15) is 310 Å². The average molecular weight is 1110 g/mol. The predicted molar refractivity (Wildman–Crippen MR) is 348 cm³/mol. The predicted octanol–water partition coefficient (Wildman–Crippen LogP) is 23.2. The third-order valence-electron chi connectivity index (χ3n) is 14.2. The first-order chi connectivity index (χ1) is 39.5. The third kappa shape index (κ3) is 64.6. The van der Waals surface area contributed by atoms with Gasteiger partial charge in [0.2, 0.25) is 0 Å². The van der Waals surface area contributed by atoms with E-state index in [0.717, 1.165) is 148 Å². The number of hydrogen-bond acceptors (Lipinski definition) is 6. The first-order valence-corrected chi connectivity index (χ1v) is 33.5. The molecule has 0 aliphatic heterocycles. The standard InChI is InChI=1S/C74H124O6/c1-4-7-10-13-16-19-22-25-28-30-31-32-33-34-35-36-37-38-39-40-41-42-43-44-47-49-52-55-58-61-64-67-73(76)79-70-71(69-78-72(75)66-63-60-57-54-51-48-45-27-24-21-18-15-12-9-6-3)80-74(77)68-65-62-59-56-53-50-46-29-26-23-20-17-14-11-8-5-2/h7,9-10,12,16,18-19,21,25,27-28,31-32,34-35,37-38,40-41,45,71H,4-6,8,11,13-15,17,20,22-24,26,29-30,33,36,39,42-44,46-70H2,1-3H3/b10-7-,12-9-,19-16-,21-18-,28-25-,32-31-,35-34-,38-37-,41-40-,45-27-. The zero-order valence-corrected chi connectivity index (χ0v) is 52.3. The number of ether oxygens (including phenoxy) is 3. The highest BCUT2D eigenvalue weighted by Crippen LogP contribution is 2.16. The molecule has 0 saturated carbocycles. The second-order valence-electron chi connectivity index (χ2n) is 22.0. The lowest BCUT2D eigenvalue weighted by molar-refractivity contribution is -0.167. The van der Waals surface area contributed by atoms with Crippen molar-refractivity contribution in [1.82, 2.24) is 0 Å². The number of hydrogen-bond donors (Lipinski definition) is 0. The largest absolute Gasteiger partial charge is 0.462 e. The lowest BCUT2D eigenvalue weighted by Crippen LogP contribution is -2.30. The van der Waals surface area contributed by atoms with Crippen molar-refractivity contribution in [2.45, 2.75) is 316 Å². The summed E-state index contributed by atoms with van der Waals surface area (Å²) in [7, 11) is 0. The van der Waals surface area contributed by atoms with Crippen molar-refractivity contribution < 1.29 is 28.6 Å². The Morgan fingerprint density at radius 1 is 0.263 bits per heavy atom. The fourth-order valence-corrected chi connectivity index (χ4v) is 9.26. The Morgan fingerprint density at radius 3 is 0.762 bits per heavy atom. The van der Waals surface area contributed by atoms with Crippen LogP contribution in [0.3, 0.4) is 0 Å². The Hall–Kier alpha value is -4.19. The van der Waals surface area contributed by atoms with Gasteiger partial charge < -0.3 is 14.2 Å². The number of unbranched alkanes of at least 4 members (excludes halogenated alkanes) is 29. The summed E-state index contributed by atoms with van der Waals surface area (Å²) in [6.45, 7) is 6.42. The van der Waals surface area contributed by atoms with Crippen LogP contribution in [-0.4, -0.2) is 37.2 Å². The summed E-state index contributed by atoms with van der Waals surface area (Å²) < 4.78 is 16.9. The summed E-state index contributed by atoms with van der Waals surface area (Å²) in [6.07, 6.45) is 93.5. The summed E-state index contributed by atoms with van der Waals surface area (Å²) in [5, 5.41) is 0. The van der Waals surface area contributed by atoms with Crippen LogP contribution in [0.5, 0.6) is 0 Å². The molecular weight excluding hydrogens is 985 g/mol. The van der Waals surface area contributed by atoms with E-state index in [1.165, 1.54) is 122 Å². The van der Waals surface area contributed by atoms with Gasteiger partial charge in [0.15, 0.2) is 6.10 Å². The third-order valence-corrected chi connectivity index (χ3v) is 14.2. The van der Waals surface area contributed by atoms with E-state index in [-0.39, 0.29) is 31.1 Å². The zero-order chi connectivity index (χ0) is 57.8. The van der Waals surface area contributed by atoms with E-state index in [1.54, 1.807) is 0 Å². The highest BCUT2D eigenvalue weighted by molar-refractivity contribution is 5.71. The molecule has 0 aliphatic carbocycles. The molecule has 0 saturated heterocycles. The Kier molecular flexibility index (Phi) is 63.8. The molecule has 0 N–H and O–H groups in total. The van der Waals surface area contributed by atoms with Crippen LogP contribution in [-0.2, 0) is 28.6 Å². The lowest BCUT2D eigenvalue weighted by atomic mass is 10.0. The van der Waals surface area contributed by atoms with Gasteiger partial charge in [-0.15, -0.1) is 0 Å². The molecule has 0 aromatic carbocycles. The Morgan fingerprint density at radius 2 is 0.487 bits per heavy atom. The van der Waals surface area contributed by atoms with E-state index in [2.05, 4.69) is 142 Å². The molecule has 1 atom stereocenters. The summed E-state index contributed by atoms with van der Waals surface area (Å²) in [5.74, 6) is -0.899. The SMILES string of the molecule is CC/C=C\C/C=C\C/C=C\C/C=C\C/C=C\C/C=C\C/C=C\CCCCCCCCCCCC(=O)OCC(COC(=O)CCCCCCC/C=C\C/C=C\C/C=C\CC)OC(=O)CCCCCCCCCCCCCCCCCC. The van der Waals surface area contributed by atoms with Gasteiger partial charge in [-0.2, -0.15) is 0 Å². The Labute approximate surface area is 494 Å². The van der Waals surface area contributed by atoms with Crippen molar-refractivity contribution in [3.05, 3.63) is 122 Å². The molecule has 0 radical (unpaired) electrons. The van der Waals surface area contributed by atoms with E-state index < -0.39 is 6.10 Å². The monoisotopic (exact) mass is 1110 g/mol. The van der Waals surface area contributed by atoms with Crippen molar-refractivity contribution in [1.29, 1.82) is 0 Å². The lowest BCUT2D eigenvalue weighted by Gasteiger charge is -2.18. The molecule has 0 aromatic rings. The number of carbonyl (C=O) groups is 3. The molecule has 0 bridgehead atoms. The Balaban J connectivity index is 4.31. The molecule has 6 nitrogen and oxygen atoms in total. The maximum Gasteiger partial charge on any atom is 0.306 e. The van der Waals surface area contributed by atoms with Crippen molar-refractivity contribution in [2.24, 2.45) is 0 Å². The molecule has 0 aliphatic rings. The van der Waals surface area contributed by atoms with Crippen molar-refractivity contribution >= 4 is 17.9 Å². The van der Waals surface area contributed by atoms with Gasteiger partial charge in [0, 0.05) is 19.3 Å². The average Bonchev–Trinajstić information content (AvgIpc) is 3.46. The van der Waals surface area contributed by atoms with Crippen molar-refractivity contribution in [3.63, 3.8) is 0 Å². The van der Waals surface area contributed by atoms with E-state index >= 15 is 0 Å². The Bertz CT molecular complexity index is 1650. The summed E-state index contributed by atoms with van der Waals surface area (Å²) in [6, 6.07) is 0. The highest BCUT2D eigenvalue weighted by atomic mass is 16.6. The number of esters is 3. The van der Waals surface area contributed by atoms with Crippen LogP contribution in [0.25, 0.3) is 0 Å². The fraction of sp³-hybridized carbons (Fsp3) is 0.689. The molecule has 0 aromatic heterocycles. The summed E-state index contributed by atoms with van der Waals surface area (Å²) >= 11 is 0. The van der Waals surface area contributed by atoms with Crippen LogP contribution in [0.2, 0.25) is 0 Å². The maximum absolute atomic E-state index is 12.9. The fourth-order valence-electron chi connectivity index (χ4n) is 9.26. The normalized spacial score (nSPS) is 12.9. The minimum absolute atomic E-state index is 0.0862. The minimum atomic E-state index is -0.790. The number of allylic oxidation sites excluding steroid dienone is 20. The second-order valence-corrected chi connectivity index (χ2v) is 22.0. The van der Waals surface area contributed by atoms with Gasteiger partial charge in [0.25, 0.3) is 0 Å². The smallest absolute Gasteiger partial charge is 0.306 e. The molecule has 0 fully saturated rings. The molecular formula is C74H124O6. The molecule has 456 valence electrons. The van der Waals surface area contributed by atoms with Crippen LogP contribution in [0, 0.1) is 0 Å². The van der Waals surface area contributed by atoms with E-state index in [9.17, 15) is 14.4 Å². The molecule has 0 amide bonds. The van der Waals surface area contributed by atoms with E-state index in [0.29, 0.717) is 19.3 Å². The van der Waals surface area contributed by atoms with Crippen LogP contribution in [0.15, 0.2) is 122 Å². The summed E-state index contributed by atoms with van der Waals surface area (Å²) in [4.78, 5) is 38.4. The first-order valence-electron chi connectivity index (χ1n) is 33.5. The van der Waals surface area contributed by atoms with Gasteiger partial charge in [-0.05, 0) is 109 Å². The van der Waals surface area contributed by atoms with Crippen molar-refractivity contribution in [3.8, 4) is 0 Å². The minimum Gasteiger partial charge on any atom is -0.462 e. The molecule has 6 heteroatoms. The maximum atomic E-state index is 12.9. The number of rotatable bonds is 60. The van der Waals surface area contributed by atoms with Crippen LogP contribution in [0.4, 0.5) is 0 Å². The van der Waals surface area contributed by atoms with Gasteiger partial charge >= 0.3 is 17.9 Å². The van der Waals surface area contributed by atoms with Gasteiger partial charge in [0.1, 0.15) is 13.2 Å². The van der Waals surface area contributed by atoms with E-state index in [1.807, 2.05) is 0 Å². The topological polar surface area (TPSA) is 78.9 Å². The highest BCUT2D eigenvalue weighted by Gasteiger charge is 2.19. The second kappa shape index (κ2) is 67.3. The summed E-state index contributed by atoms with van der Waals surface area (Å²) in [5.41, 5.74) is 0. The van der Waals surface area contributed by atoms with Crippen LogP contribution >= 0.6 is 0 Å². The zero-order valence-electron chi connectivity index (χ0n) is 52.3. The molecule has 0 spiro atoms. The molecule has 0 heterocycles. The van der Waals surface area contributed by atoms with Gasteiger partial charge in [0.05, 0.1) is 0 Å². The van der Waals surface area contributed by atoms with E-state index in [4.69, 9.17) is 14.2 Å². The van der Waals surface area contributed by atoms with Gasteiger partial charge in [-0.3, -0.25) is 14.4 Å². The van der Waals surface area contributed by atoms with Gasteiger partial charge in [-0.1, -0.05) is 303 Å². The number of carbonyl (C=O) groups excluding carboxylic acids is 3. The van der Waals surface area contributed by atoms with Gasteiger partial charge in [-0.25, -0.2) is 0 Å². The van der Waals surface area contributed by atoms with Crippen LogP contribution < -0.4 is 0 Å². The molecule has 0 rings (SSSR count). The molecule has 1 unspecified atom stereocenters. The first kappa shape index (κ1) is 75.8. The quantitative estimate of drug-likeness (QED) is 0.0261. The van der Waals surface area contributed by atoms with Crippen molar-refractivity contribution in [2.75, 3.05) is 13.2 Å².